The lowest BCUT2D eigenvalue weighted by Crippen LogP contribution is -2.42. The number of amides is 2. The van der Waals surface area contributed by atoms with Crippen molar-refractivity contribution < 1.29 is 9.59 Å². The fourth-order valence-corrected chi connectivity index (χ4v) is 3.73. The average Bonchev–Trinajstić information content (AvgIpc) is 2.61. The Morgan fingerprint density at radius 2 is 1.67 bits per heavy atom. The van der Waals surface area contributed by atoms with E-state index < -0.39 is 0 Å². The lowest BCUT2D eigenvalue weighted by molar-refractivity contribution is -0.136. The molecule has 0 bridgehead atoms. The minimum absolute atomic E-state index is 0.0539. The maximum atomic E-state index is 13.2. The second-order valence-corrected chi connectivity index (χ2v) is 8.63. The molecule has 4 nitrogen and oxygen atoms in total. The summed E-state index contributed by atoms with van der Waals surface area (Å²) in [6.07, 6.45) is 3.28. The Morgan fingerprint density at radius 3 is 2.22 bits per heavy atom. The monoisotopic (exact) mass is 372 g/mol. The first kappa shape index (κ1) is 21.5. The molecule has 27 heavy (non-hydrogen) atoms. The Bertz CT molecular complexity index is 627. The van der Waals surface area contributed by atoms with E-state index >= 15 is 0 Å². The molecular weight excluding hydrogens is 336 g/mol. The molecule has 0 N–H and O–H groups in total. The first-order valence-electron chi connectivity index (χ1n) is 10.4. The van der Waals surface area contributed by atoms with E-state index in [2.05, 4.69) is 39.8 Å². The zero-order valence-electron chi connectivity index (χ0n) is 17.7. The molecule has 1 heterocycles. The van der Waals surface area contributed by atoms with Gasteiger partial charge in [0.05, 0.1) is 12.5 Å². The molecule has 1 aromatic rings. The molecular formula is C23H36N2O2. The Labute approximate surface area is 164 Å². The highest BCUT2D eigenvalue weighted by molar-refractivity contribution is 5.79. The van der Waals surface area contributed by atoms with Gasteiger partial charge in [-0.1, -0.05) is 52.0 Å². The SMILES string of the molecule is CC(=O)N1CCc2ccccc2C1CC(=O)N(CCC(C)C)CCC(C)C. The van der Waals surface area contributed by atoms with Gasteiger partial charge in [0.15, 0.2) is 0 Å². The maximum absolute atomic E-state index is 13.2. The summed E-state index contributed by atoms with van der Waals surface area (Å²) >= 11 is 0. The van der Waals surface area contributed by atoms with Crippen molar-refractivity contribution in [2.24, 2.45) is 11.8 Å². The van der Waals surface area contributed by atoms with Crippen LogP contribution in [0.4, 0.5) is 0 Å². The van der Waals surface area contributed by atoms with Gasteiger partial charge in [-0.05, 0) is 42.2 Å². The largest absolute Gasteiger partial charge is 0.343 e. The number of carbonyl (C=O) groups is 2. The highest BCUT2D eigenvalue weighted by atomic mass is 16.2. The summed E-state index contributed by atoms with van der Waals surface area (Å²) in [5.74, 6) is 1.37. The first-order valence-corrected chi connectivity index (χ1v) is 10.4. The summed E-state index contributed by atoms with van der Waals surface area (Å²) in [6, 6.07) is 8.11. The van der Waals surface area contributed by atoms with Crippen molar-refractivity contribution in [1.29, 1.82) is 0 Å². The van der Waals surface area contributed by atoms with E-state index in [1.54, 1.807) is 6.92 Å². The molecule has 0 fully saturated rings. The van der Waals surface area contributed by atoms with Crippen molar-refractivity contribution in [3.05, 3.63) is 35.4 Å². The lowest BCUT2D eigenvalue weighted by atomic mass is 9.90. The molecule has 2 amide bonds. The fourth-order valence-electron chi connectivity index (χ4n) is 3.73. The first-order chi connectivity index (χ1) is 12.8. The normalized spacial score (nSPS) is 16.6. The number of hydrogen-bond donors (Lipinski definition) is 0. The third kappa shape index (κ3) is 6.08. The topological polar surface area (TPSA) is 40.6 Å². The Kier molecular flexibility index (Phi) is 7.88. The van der Waals surface area contributed by atoms with Crippen LogP contribution in [-0.4, -0.2) is 41.2 Å². The molecule has 4 heteroatoms. The van der Waals surface area contributed by atoms with Gasteiger partial charge in [-0.25, -0.2) is 0 Å². The molecule has 150 valence electrons. The lowest BCUT2D eigenvalue weighted by Gasteiger charge is -2.37. The van der Waals surface area contributed by atoms with Crippen molar-refractivity contribution in [2.75, 3.05) is 19.6 Å². The smallest absolute Gasteiger partial charge is 0.224 e. The molecule has 1 aromatic carbocycles. The standard InChI is InChI=1S/C23H36N2O2/c1-17(2)10-13-24(14-11-18(3)4)23(27)16-22-21-9-7-6-8-20(21)12-15-25(22)19(5)26/h6-9,17-18,22H,10-16H2,1-5H3. The second-order valence-electron chi connectivity index (χ2n) is 8.63. The molecule has 1 aliphatic rings. The van der Waals surface area contributed by atoms with Crippen LogP contribution >= 0.6 is 0 Å². The van der Waals surface area contributed by atoms with Gasteiger partial charge in [0.2, 0.25) is 11.8 Å². The van der Waals surface area contributed by atoms with Gasteiger partial charge in [-0.3, -0.25) is 9.59 Å². The van der Waals surface area contributed by atoms with Crippen molar-refractivity contribution >= 4 is 11.8 Å². The Hall–Kier alpha value is -1.84. The van der Waals surface area contributed by atoms with Crippen LogP contribution in [-0.2, 0) is 16.0 Å². The summed E-state index contributed by atoms with van der Waals surface area (Å²) < 4.78 is 0. The van der Waals surface area contributed by atoms with Gasteiger partial charge >= 0.3 is 0 Å². The Balaban J connectivity index is 2.18. The van der Waals surface area contributed by atoms with Gasteiger partial charge in [0.1, 0.15) is 0 Å². The van der Waals surface area contributed by atoms with Gasteiger partial charge in [-0.2, -0.15) is 0 Å². The minimum Gasteiger partial charge on any atom is -0.343 e. The maximum Gasteiger partial charge on any atom is 0.224 e. The molecule has 0 saturated carbocycles. The highest BCUT2D eigenvalue weighted by Gasteiger charge is 2.31. The molecule has 0 saturated heterocycles. The average molecular weight is 373 g/mol. The molecule has 0 spiro atoms. The summed E-state index contributed by atoms with van der Waals surface area (Å²) in [7, 11) is 0. The van der Waals surface area contributed by atoms with E-state index in [1.165, 1.54) is 5.56 Å². The molecule has 0 radical (unpaired) electrons. The Morgan fingerprint density at radius 1 is 1.07 bits per heavy atom. The zero-order chi connectivity index (χ0) is 20.0. The van der Waals surface area contributed by atoms with Crippen LogP contribution in [0.15, 0.2) is 24.3 Å². The van der Waals surface area contributed by atoms with E-state index in [-0.39, 0.29) is 17.9 Å². The van der Waals surface area contributed by atoms with Crippen LogP contribution in [0.1, 0.15) is 71.0 Å². The fraction of sp³-hybridized carbons (Fsp3) is 0.652. The number of nitrogens with zero attached hydrogens (tertiary/aromatic N) is 2. The summed E-state index contributed by atoms with van der Waals surface area (Å²) in [4.78, 5) is 29.3. The highest BCUT2D eigenvalue weighted by Crippen LogP contribution is 2.33. The van der Waals surface area contributed by atoms with Crippen LogP contribution in [0.25, 0.3) is 0 Å². The van der Waals surface area contributed by atoms with Crippen LogP contribution in [0, 0.1) is 11.8 Å². The van der Waals surface area contributed by atoms with E-state index in [0.717, 1.165) is 37.9 Å². The van der Waals surface area contributed by atoms with E-state index in [0.29, 0.717) is 24.8 Å². The van der Waals surface area contributed by atoms with E-state index in [1.807, 2.05) is 21.9 Å². The number of hydrogen-bond acceptors (Lipinski definition) is 2. The van der Waals surface area contributed by atoms with Crippen molar-refractivity contribution in [1.82, 2.24) is 9.80 Å². The third-order valence-corrected chi connectivity index (χ3v) is 5.49. The summed E-state index contributed by atoms with van der Waals surface area (Å²) in [5, 5.41) is 0. The van der Waals surface area contributed by atoms with E-state index in [9.17, 15) is 9.59 Å². The van der Waals surface area contributed by atoms with E-state index in [4.69, 9.17) is 0 Å². The molecule has 0 aliphatic carbocycles. The molecule has 1 aliphatic heterocycles. The van der Waals surface area contributed by atoms with Crippen molar-refractivity contribution in [2.45, 2.75) is 66.3 Å². The van der Waals surface area contributed by atoms with Gasteiger partial charge in [0.25, 0.3) is 0 Å². The molecule has 1 unspecified atom stereocenters. The number of carbonyl (C=O) groups excluding carboxylic acids is 2. The molecule has 2 rings (SSSR count). The van der Waals surface area contributed by atoms with Gasteiger partial charge < -0.3 is 9.80 Å². The van der Waals surface area contributed by atoms with Gasteiger partial charge in [0, 0.05) is 26.6 Å². The van der Waals surface area contributed by atoms with Crippen LogP contribution < -0.4 is 0 Å². The predicted molar refractivity (Wildman–Crippen MR) is 110 cm³/mol. The van der Waals surface area contributed by atoms with Crippen molar-refractivity contribution in [3.8, 4) is 0 Å². The number of fused-ring (bicyclic) bond motifs is 1. The predicted octanol–water partition coefficient (Wildman–Crippen LogP) is 4.44. The van der Waals surface area contributed by atoms with Crippen molar-refractivity contribution in [3.63, 3.8) is 0 Å². The molecule has 1 atom stereocenters. The quantitative estimate of drug-likeness (QED) is 0.677. The molecule has 0 aromatic heterocycles. The minimum atomic E-state index is -0.138. The second kappa shape index (κ2) is 9.91. The summed E-state index contributed by atoms with van der Waals surface area (Å²) in [6.45, 7) is 12.7. The van der Waals surface area contributed by atoms with Crippen LogP contribution in [0.2, 0.25) is 0 Å². The third-order valence-electron chi connectivity index (χ3n) is 5.49. The number of rotatable bonds is 8. The number of benzene rings is 1. The summed E-state index contributed by atoms with van der Waals surface area (Å²) in [5.41, 5.74) is 2.41. The van der Waals surface area contributed by atoms with Gasteiger partial charge in [-0.15, -0.1) is 0 Å². The van der Waals surface area contributed by atoms with Crippen LogP contribution in [0.3, 0.4) is 0 Å². The van der Waals surface area contributed by atoms with Crippen LogP contribution in [0.5, 0.6) is 0 Å². The zero-order valence-corrected chi connectivity index (χ0v) is 17.7.